The van der Waals surface area contributed by atoms with Gasteiger partial charge in [0.1, 0.15) is 0 Å². The van der Waals surface area contributed by atoms with Crippen molar-refractivity contribution in [3.8, 4) is 11.5 Å². The van der Waals surface area contributed by atoms with Gasteiger partial charge in [-0.1, -0.05) is 6.07 Å². The number of carbonyl (C=O) groups is 2. The molecule has 1 amide bonds. The van der Waals surface area contributed by atoms with E-state index in [0.29, 0.717) is 10.6 Å². The van der Waals surface area contributed by atoms with Crippen molar-refractivity contribution < 1.29 is 24.2 Å². The third-order valence-corrected chi connectivity index (χ3v) is 3.61. The number of methoxy groups -OCH3 is 2. The number of nitrogens with one attached hydrogen (secondary N) is 1. The fourth-order valence-corrected chi connectivity index (χ4v) is 2.36. The second-order valence-electron chi connectivity index (χ2n) is 3.97. The van der Waals surface area contributed by atoms with Crippen LogP contribution in [0.5, 0.6) is 11.5 Å². The molecule has 0 saturated heterocycles. The zero-order valence-corrected chi connectivity index (χ0v) is 12.2. The SMILES string of the molecule is COc1cc(NC(=O)c2cccs2)c(C(=O)[O-])cc1OC. The third kappa shape index (κ3) is 3.14. The highest BCUT2D eigenvalue weighted by Gasteiger charge is 2.15. The molecule has 0 radical (unpaired) electrons. The third-order valence-electron chi connectivity index (χ3n) is 2.74. The number of benzene rings is 1. The fraction of sp³-hybridized carbons (Fsp3) is 0.143. The number of ether oxygens (including phenoxy) is 2. The molecule has 0 aliphatic rings. The number of carboxylic acid groups (broad SMARTS) is 1. The first-order valence-electron chi connectivity index (χ1n) is 5.89. The van der Waals surface area contributed by atoms with Crippen molar-refractivity contribution in [2.45, 2.75) is 0 Å². The Bertz CT molecular complexity index is 666. The van der Waals surface area contributed by atoms with Crippen LogP contribution in [0, 0.1) is 0 Å². The number of rotatable bonds is 5. The second-order valence-corrected chi connectivity index (χ2v) is 4.92. The van der Waals surface area contributed by atoms with E-state index in [2.05, 4.69) is 5.32 Å². The van der Waals surface area contributed by atoms with Crippen LogP contribution < -0.4 is 19.9 Å². The molecule has 21 heavy (non-hydrogen) atoms. The molecule has 1 heterocycles. The maximum atomic E-state index is 12.0. The van der Waals surface area contributed by atoms with Gasteiger partial charge in [0, 0.05) is 11.6 Å². The summed E-state index contributed by atoms with van der Waals surface area (Å²) < 4.78 is 10.1. The average Bonchev–Trinajstić information content (AvgIpc) is 3.00. The van der Waals surface area contributed by atoms with Crippen molar-refractivity contribution in [3.05, 3.63) is 40.1 Å². The monoisotopic (exact) mass is 306 g/mol. The van der Waals surface area contributed by atoms with Gasteiger partial charge in [0.05, 0.1) is 30.8 Å². The number of thiophene rings is 1. The van der Waals surface area contributed by atoms with Gasteiger partial charge in [0.15, 0.2) is 11.5 Å². The first-order chi connectivity index (χ1) is 10.1. The van der Waals surface area contributed by atoms with E-state index in [1.807, 2.05) is 0 Å². The van der Waals surface area contributed by atoms with E-state index in [9.17, 15) is 14.7 Å². The molecule has 0 aliphatic heterocycles. The second kappa shape index (κ2) is 6.27. The number of amides is 1. The molecule has 0 atom stereocenters. The van der Waals surface area contributed by atoms with E-state index in [-0.39, 0.29) is 17.0 Å². The predicted molar refractivity (Wildman–Crippen MR) is 76.1 cm³/mol. The zero-order valence-electron chi connectivity index (χ0n) is 11.3. The van der Waals surface area contributed by atoms with Gasteiger partial charge in [-0.25, -0.2) is 0 Å². The average molecular weight is 306 g/mol. The molecule has 1 N–H and O–H groups in total. The summed E-state index contributed by atoms with van der Waals surface area (Å²) >= 11 is 1.25. The summed E-state index contributed by atoms with van der Waals surface area (Å²) in [7, 11) is 2.81. The van der Waals surface area contributed by atoms with Gasteiger partial charge < -0.3 is 24.7 Å². The lowest BCUT2D eigenvalue weighted by Gasteiger charge is -2.16. The van der Waals surface area contributed by atoms with Gasteiger partial charge in [0.2, 0.25) is 0 Å². The van der Waals surface area contributed by atoms with Gasteiger partial charge in [-0.15, -0.1) is 11.3 Å². The summed E-state index contributed by atoms with van der Waals surface area (Å²) in [5.41, 5.74) is -0.0939. The minimum Gasteiger partial charge on any atom is -0.545 e. The van der Waals surface area contributed by atoms with Gasteiger partial charge in [-0.2, -0.15) is 0 Å². The van der Waals surface area contributed by atoms with E-state index in [0.717, 1.165) is 0 Å². The molecule has 0 spiro atoms. The molecule has 0 fully saturated rings. The minimum atomic E-state index is -1.42. The van der Waals surface area contributed by atoms with Gasteiger partial charge in [-0.3, -0.25) is 4.79 Å². The van der Waals surface area contributed by atoms with Crippen molar-refractivity contribution >= 4 is 28.9 Å². The first-order valence-corrected chi connectivity index (χ1v) is 6.77. The molecule has 0 bridgehead atoms. The Labute approximate surface area is 124 Å². The molecular weight excluding hydrogens is 294 g/mol. The standard InChI is InChI=1S/C14H13NO5S/c1-19-10-6-8(14(17)18)9(7-11(10)20-2)15-13(16)12-4-3-5-21-12/h3-7H,1-2H3,(H,15,16)(H,17,18)/p-1. The zero-order chi connectivity index (χ0) is 15.4. The van der Waals surface area contributed by atoms with E-state index in [1.54, 1.807) is 17.5 Å². The highest BCUT2D eigenvalue weighted by molar-refractivity contribution is 7.12. The quantitative estimate of drug-likeness (QED) is 0.901. The summed E-state index contributed by atoms with van der Waals surface area (Å²) in [6.45, 7) is 0. The number of carboxylic acids is 1. The van der Waals surface area contributed by atoms with Gasteiger partial charge in [-0.05, 0) is 17.5 Å². The topological polar surface area (TPSA) is 87.7 Å². The summed E-state index contributed by atoms with van der Waals surface area (Å²) in [5.74, 6) is -1.27. The minimum absolute atomic E-state index is 0.0889. The van der Waals surface area contributed by atoms with E-state index in [1.165, 1.54) is 37.7 Å². The van der Waals surface area contributed by atoms with Crippen LogP contribution in [-0.2, 0) is 0 Å². The van der Waals surface area contributed by atoms with Crippen LogP contribution >= 0.6 is 11.3 Å². The van der Waals surface area contributed by atoms with Crippen molar-refractivity contribution in [2.24, 2.45) is 0 Å². The molecule has 110 valence electrons. The van der Waals surface area contributed by atoms with Crippen molar-refractivity contribution in [2.75, 3.05) is 19.5 Å². The van der Waals surface area contributed by atoms with Crippen molar-refractivity contribution in [3.63, 3.8) is 0 Å². The Morgan fingerprint density at radius 3 is 2.38 bits per heavy atom. The largest absolute Gasteiger partial charge is 0.545 e. The molecule has 2 aromatic rings. The molecule has 0 aliphatic carbocycles. The van der Waals surface area contributed by atoms with Crippen LogP contribution in [0.1, 0.15) is 20.0 Å². The van der Waals surface area contributed by atoms with Crippen LogP contribution in [0.4, 0.5) is 5.69 Å². The Hall–Kier alpha value is -2.54. The first kappa shape index (κ1) is 14.9. The highest BCUT2D eigenvalue weighted by atomic mass is 32.1. The van der Waals surface area contributed by atoms with Crippen LogP contribution in [0.25, 0.3) is 0 Å². The Kier molecular flexibility index (Phi) is 4.44. The number of hydrogen-bond acceptors (Lipinski definition) is 6. The lowest BCUT2D eigenvalue weighted by molar-refractivity contribution is -0.254. The Morgan fingerprint density at radius 1 is 1.19 bits per heavy atom. The molecule has 2 rings (SSSR count). The smallest absolute Gasteiger partial charge is 0.265 e. The van der Waals surface area contributed by atoms with Crippen LogP contribution in [0.2, 0.25) is 0 Å². The number of hydrogen-bond donors (Lipinski definition) is 1. The molecule has 1 aromatic heterocycles. The Balaban J connectivity index is 2.41. The van der Waals surface area contributed by atoms with Crippen molar-refractivity contribution in [1.82, 2.24) is 0 Å². The molecular formula is C14H12NO5S-. The van der Waals surface area contributed by atoms with Crippen molar-refractivity contribution in [1.29, 1.82) is 0 Å². The lowest BCUT2D eigenvalue weighted by atomic mass is 10.1. The predicted octanol–water partition coefficient (Wildman–Crippen LogP) is 1.38. The number of carbonyl (C=O) groups excluding carboxylic acids is 2. The highest BCUT2D eigenvalue weighted by Crippen LogP contribution is 2.33. The summed E-state index contributed by atoms with van der Waals surface area (Å²) in [6, 6.07) is 6.00. The molecule has 0 unspecified atom stereocenters. The lowest BCUT2D eigenvalue weighted by Crippen LogP contribution is -2.25. The summed E-state index contributed by atoms with van der Waals surface area (Å²) in [5, 5.41) is 15.5. The van der Waals surface area contributed by atoms with Gasteiger partial charge in [0.25, 0.3) is 5.91 Å². The normalized spacial score (nSPS) is 10.0. The fourth-order valence-electron chi connectivity index (χ4n) is 1.74. The molecule has 1 aromatic carbocycles. The summed E-state index contributed by atoms with van der Waals surface area (Å²) in [6.07, 6.45) is 0. The maximum Gasteiger partial charge on any atom is 0.265 e. The molecule has 6 nitrogen and oxygen atoms in total. The van der Waals surface area contributed by atoms with Crippen LogP contribution in [0.15, 0.2) is 29.6 Å². The van der Waals surface area contributed by atoms with E-state index >= 15 is 0 Å². The van der Waals surface area contributed by atoms with Crippen LogP contribution in [0.3, 0.4) is 0 Å². The summed E-state index contributed by atoms with van der Waals surface area (Å²) in [4.78, 5) is 23.7. The van der Waals surface area contributed by atoms with Gasteiger partial charge >= 0.3 is 0 Å². The molecule has 7 heteroatoms. The molecule has 0 saturated carbocycles. The van der Waals surface area contributed by atoms with E-state index in [4.69, 9.17) is 9.47 Å². The Morgan fingerprint density at radius 2 is 1.86 bits per heavy atom. The van der Waals surface area contributed by atoms with Crippen LogP contribution in [-0.4, -0.2) is 26.1 Å². The number of aromatic carboxylic acids is 1. The maximum absolute atomic E-state index is 12.0. The number of anilines is 1. The van der Waals surface area contributed by atoms with E-state index < -0.39 is 11.9 Å².